The summed E-state index contributed by atoms with van der Waals surface area (Å²) in [5.41, 5.74) is 10.4. The van der Waals surface area contributed by atoms with Gasteiger partial charge in [0.05, 0.1) is 5.69 Å². The van der Waals surface area contributed by atoms with Gasteiger partial charge in [-0.3, -0.25) is 9.88 Å². The first-order valence-corrected chi connectivity index (χ1v) is 8.25. The van der Waals surface area contributed by atoms with E-state index in [1.165, 1.54) is 0 Å². The van der Waals surface area contributed by atoms with Crippen LogP contribution in [0.3, 0.4) is 0 Å². The van der Waals surface area contributed by atoms with Crippen LogP contribution in [0.25, 0.3) is 12.2 Å². The zero-order chi connectivity index (χ0) is 15.9. The van der Waals surface area contributed by atoms with E-state index in [-0.39, 0.29) is 0 Å². The standard InChI is InChI=1S/C18H19ClN4/c19-15-5-6-16-14(12-15)4-3-13-2-1-7-22-17(13)18(16,20)23-10-8-21-9-11-23/h1-7,12,21H,8-11,20H2. The Bertz CT molecular complexity index is 767. The smallest absolute Gasteiger partial charge is 0.140 e. The monoisotopic (exact) mass is 326 g/mol. The second-order valence-corrected chi connectivity index (χ2v) is 6.45. The van der Waals surface area contributed by atoms with E-state index in [0.29, 0.717) is 0 Å². The zero-order valence-electron chi connectivity index (χ0n) is 12.8. The van der Waals surface area contributed by atoms with E-state index in [9.17, 15) is 0 Å². The number of piperazine rings is 1. The maximum absolute atomic E-state index is 7.06. The summed E-state index contributed by atoms with van der Waals surface area (Å²) >= 11 is 6.21. The van der Waals surface area contributed by atoms with Crippen LogP contribution in [0, 0.1) is 0 Å². The minimum atomic E-state index is -0.748. The van der Waals surface area contributed by atoms with E-state index >= 15 is 0 Å². The van der Waals surface area contributed by atoms with E-state index in [0.717, 1.165) is 53.6 Å². The fourth-order valence-corrected chi connectivity index (χ4v) is 3.71. The molecule has 5 heteroatoms. The third kappa shape index (κ3) is 2.39. The first-order chi connectivity index (χ1) is 11.2. The molecule has 2 heterocycles. The molecule has 1 atom stereocenters. The van der Waals surface area contributed by atoms with Crippen molar-refractivity contribution in [2.75, 3.05) is 26.2 Å². The molecular weight excluding hydrogens is 308 g/mol. The highest BCUT2D eigenvalue weighted by molar-refractivity contribution is 6.30. The number of hydrogen-bond donors (Lipinski definition) is 2. The lowest BCUT2D eigenvalue weighted by Gasteiger charge is -2.43. The van der Waals surface area contributed by atoms with Crippen molar-refractivity contribution in [3.05, 3.63) is 63.9 Å². The lowest BCUT2D eigenvalue weighted by molar-refractivity contribution is 0.106. The Hall–Kier alpha value is -1.72. The fourth-order valence-electron chi connectivity index (χ4n) is 3.53. The lowest BCUT2D eigenvalue weighted by atomic mass is 9.89. The van der Waals surface area contributed by atoms with Crippen molar-refractivity contribution in [1.82, 2.24) is 15.2 Å². The Balaban J connectivity index is 1.97. The molecule has 1 fully saturated rings. The molecule has 0 amide bonds. The molecule has 118 valence electrons. The lowest BCUT2D eigenvalue weighted by Crippen LogP contribution is -2.60. The number of fused-ring (bicyclic) bond motifs is 2. The van der Waals surface area contributed by atoms with Gasteiger partial charge in [0.15, 0.2) is 0 Å². The number of hydrogen-bond acceptors (Lipinski definition) is 4. The number of nitrogens with one attached hydrogen (secondary N) is 1. The molecule has 0 spiro atoms. The summed E-state index contributed by atoms with van der Waals surface area (Å²) in [6.07, 6.45) is 5.98. The summed E-state index contributed by atoms with van der Waals surface area (Å²) in [6, 6.07) is 9.93. The van der Waals surface area contributed by atoms with Gasteiger partial charge in [-0.1, -0.05) is 35.9 Å². The van der Waals surface area contributed by atoms with Crippen LogP contribution in [-0.4, -0.2) is 36.1 Å². The molecule has 2 aliphatic rings. The van der Waals surface area contributed by atoms with E-state index in [1.807, 2.05) is 30.5 Å². The molecule has 1 saturated heterocycles. The van der Waals surface area contributed by atoms with Gasteiger partial charge >= 0.3 is 0 Å². The minimum absolute atomic E-state index is 0.718. The first-order valence-electron chi connectivity index (χ1n) is 7.88. The molecular formula is C18H19ClN4. The van der Waals surface area contributed by atoms with Gasteiger partial charge in [0.2, 0.25) is 0 Å². The van der Waals surface area contributed by atoms with E-state index in [1.54, 1.807) is 0 Å². The van der Waals surface area contributed by atoms with E-state index < -0.39 is 5.66 Å². The summed E-state index contributed by atoms with van der Waals surface area (Å²) in [4.78, 5) is 6.97. The Morgan fingerprint density at radius 1 is 1.13 bits per heavy atom. The van der Waals surface area contributed by atoms with Crippen molar-refractivity contribution in [2.24, 2.45) is 5.73 Å². The molecule has 2 aromatic rings. The molecule has 4 rings (SSSR count). The summed E-state index contributed by atoms with van der Waals surface area (Å²) in [5, 5.41) is 4.11. The van der Waals surface area contributed by atoms with Crippen molar-refractivity contribution < 1.29 is 0 Å². The number of aromatic nitrogens is 1. The van der Waals surface area contributed by atoms with Crippen molar-refractivity contribution >= 4 is 23.8 Å². The van der Waals surface area contributed by atoms with Gasteiger partial charge in [0.25, 0.3) is 0 Å². The number of nitrogens with two attached hydrogens (primary N) is 1. The van der Waals surface area contributed by atoms with Gasteiger partial charge in [0, 0.05) is 43.0 Å². The number of halogens is 1. The SMILES string of the molecule is NC1(N2CCNCC2)c2ccc(Cl)cc2C=Cc2cccnc21. The molecule has 1 aromatic heterocycles. The highest BCUT2D eigenvalue weighted by Gasteiger charge is 2.41. The maximum Gasteiger partial charge on any atom is 0.140 e. The maximum atomic E-state index is 7.06. The van der Waals surface area contributed by atoms with Crippen LogP contribution in [0.2, 0.25) is 5.02 Å². The summed E-state index contributed by atoms with van der Waals surface area (Å²) < 4.78 is 0. The Labute approximate surface area is 141 Å². The average molecular weight is 327 g/mol. The molecule has 1 aliphatic heterocycles. The number of nitrogens with zero attached hydrogens (tertiary/aromatic N) is 2. The molecule has 1 aromatic carbocycles. The van der Waals surface area contributed by atoms with Gasteiger partial charge in [-0.05, 0) is 29.3 Å². The van der Waals surface area contributed by atoms with Gasteiger partial charge < -0.3 is 11.1 Å². The van der Waals surface area contributed by atoms with Crippen LogP contribution in [0.1, 0.15) is 22.4 Å². The summed E-state index contributed by atoms with van der Waals surface area (Å²) in [5.74, 6) is 0. The average Bonchev–Trinajstić information content (AvgIpc) is 2.72. The number of benzene rings is 1. The van der Waals surface area contributed by atoms with Gasteiger partial charge in [0.1, 0.15) is 5.66 Å². The van der Waals surface area contributed by atoms with Gasteiger partial charge in [-0.25, -0.2) is 0 Å². The summed E-state index contributed by atoms with van der Waals surface area (Å²) in [7, 11) is 0. The van der Waals surface area contributed by atoms with Crippen LogP contribution in [-0.2, 0) is 5.66 Å². The van der Waals surface area contributed by atoms with E-state index in [4.69, 9.17) is 17.3 Å². The Kier molecular flexibility index (Phi) is 3.70. The van der Waals surface area contributed by atoms with Crippen LogP contribution in [0.15, 0.2) is 36.5 Å². The van der Waals surface area contributed by atoms with Crippen molar-refractivity contribution in [2.45, 2.75) is 5.66 Å². The Morgan fingerprint density at radius 2 is 1.91 bits per heavy atom. The van der Waals surface area contributed by atoms with Crippen LogP contribution >= 0.6 is 11.6 Å². The van der Waals surface area contributed by atoms with Crippen LogP contribution in [0.4, 0.5) is 0 Å². The van der Waals surface area contributed by atoms with Gasteiger partial charge in [-0.15, -0.1) is 0 Å². The van der Waals surface area contributed by atoms with Gasteiger partial charge in [-0.2, -0.15) is 0 Å². The summed E-state index contributed by atoms with van der Waals surface area (Å²) in [6.45, 7) is 3.62. The van der Waals surface area contributed by atoms with Crippen molar-refractivity contribution in [1.29, 1.82) is 0 Å². The topological polar surface area (TPSA) is 54.2 Å². The molecule has 1 unspecified atom stereocenters. The van der Waals surface area contributed by atoms with Crippen LogP contribution in [0.5, 0.6) is 0 Å². The molecule has 23 heavy (non-hydrogen) atoms. The highest BCUT2D eigenvalue weighted by Crippen LogP contribution is 2.38. The molecule has 0 radical (unpaired) electrons. The molecule has 0 bridgehead atoms. The van der Waals surface area contributed by atoms with Crippen molar-refractivity contribution in [3.8, 4) is 0 Å². The predicted molar refractivity (Wildman–Crippen MR) is 94.0 cm³/mol. The second kappa shape index (κ2) is 5.73. The predicted octanol–water partition coefficient (Wildman–Crippen LogP) is 2.28. The highest BCUT2D eigenvalue weighted by atomic mass is 35.5. The number of pyridine rings is 1. The molecule has 3 N–H and O–H groups in total. The quantitative estimate of drug-likeness (QED) is 0.844. The van der Waals surface area contributed by atoms with Crippen LogP contribution < -0.4 is 11.1 Å². The second-order valence-electron chi connectivity index (χ2n) is 6.01. The largest absolute Gasteiger partial charge is 0.314 e. The molecule has 0 saturated carbocycles. The third-order valence-corrected chi connectivity index (χ3v) is 4.92. The Morgan fingerprint density at radius 3 is 2.74 bits per heavy atom. The number of rotatable bonds is 1. The fraction of sp³-hybridized carbons (Fsp3) is 0.278. The molecule has 4 nitrogen and oxygen atoms in total. The van der Waals surface area contributed by atoms with Crippen molar-refractivity contribution in [3.63, 3.8) is 0 Å². The first kappa shape index (κ1) is 14.8. The normalized spacial score (nSPS) is 23.9. The zero-order valence-corrected chi connectivity index (χ0v) is 13.6. The third-order valence-electron chi connectivity index (χ3n) is 4.68. The minimum Gasteiger partial charge on any atom is -0.314 e. The molecule has 1 aliphatic carbocycles. The van der Waals surface area contributed by atoms with E-state index in [2.05, 4.69) is 33.4 Å².